The number of rotatable bonds is 3. The summed E-state index contributed by atoms with van der Waals surface area (Å²) < 4.78 is 6.86. The molecule has 0 atom stereocenters. The van der Waals surface area contributed by atoms with Crippen molar-refractivity contribution in [3.05, 3.63) is 46.7 Å². The van der Waals surface area contributed by atoms with E-state index in [-0.39, 0.29) is 6.10 Å². The molecule has 1 aromatic carbocycles. The maximum absolute atomic E-state index is 8.79. The molecule has 0 amide bonds. The van der Waals surface area contributed by atoms with Crippen LogP contribution in [-0.4, -0.2) is 29.2 Å². The van der Waals surface area contributed by atoms with Gasteiger partial charge in [0.2, 0.25) is 5.95 Å². The van der Waals surface area contributed by atoms with Gasteiger partial charge in [-0.2, -0.15) is 5.26 Å². The summed E-state index contributed by atoms with van der Waals surface area (Å²) in [6.07, 6.45) is 5.59. The zero-order valence-electron chi connectivity index (χ0n) is 11.9. The molecule has 0 spiro atoms. The second-order valence-electron chi connectivity index (χ2n) is 5.14. The molecule has 1 aliphatic heterocycles. The van der Waals surface area contributed by atoms with E-state index >= 15 is 0 Å². The van der Waals surface area contributed by atoms with Crippen molar-refractivity contribution >= 4 is 21.9 Å². The first kappa shape index (κ1) is 14.8. The van der Waals surface area contributed by atoms with E-state index in [1.54, 1.807) is 24.5 Å². The molecule has 0 unspecified atom stereocenters. The number of nitrogens with zero attached hydrogens (tertiary/aromatic N) is 4. The van der Waals surface area contributed by atoms with Gasteiger partial charge >= 0.3 is 0 Å². The number of anilines is 1. The molecule has 1 fully saturated rings. The van der Waals surface area contributed by atoms with Crippen molar-refractivity contribution in [2.24, 2.45) is 0 Å². The van der Waals surface area contributed by atoms with Gasteiger partial charge in [0.15, 0.2) is 0 Å². The number of hydrogen-bond donors (Lipinski definition) is 0. The highest BCUT2D eigenvalue weighted by Gasteiger charge is 2.22. The van der Waals surface area contributed by atoms with Crippen LogP contribution in [0.1, 0.15) is 18.4 Å². The summed E-state index contributed by atoms with van der Waals surface area (Å²) >= 11 is 3.34. The lowest BCUT2D eigenvalue weighted by atomic mass is 10.1. The monoisotopic (exact) mass is 358 g/mol. The second-order valence-corrected chi connectivity index (χ2v) is 6.06. The van der Waals surface area contributed by atoms with Gasteiger partial charge < -0.3 is 9.64 Å². The first-order chi connectivity index (χ1) is 10.7. The number of piperidine rings is 1. The van der Waals surface area contributed by atoms with Crippen molar-refractivity contribution in [2.45, 2.75) is 18.9 Å². The summed E-state index contributed by atoms with van der Waals surface area (Å²) in [5.74, 6) is 1.58. The van der Waals surface area contributed by atoms with Crippen LogP contribution in [0, 0.1) is 11.3 Å². The molecule has 3 rings (SSSR count). The molecular weight excluding hydrogens is 344 g/mol. The average molecular weight is 359 g/mol. The van der Waals surface area contributed by atoms with E-state index in [9.17, 15) is 0 Å². The normalized spacial score (nSPS) is 15.4. The van der Waals surface area contributed by atoms with Crippen molar-refractivity contribution in [2.75, 3.05) is 18.0 Å². The minimum atomic E-state index is 0.194. The van der Waals surface area contributed by atoms with Crippen molar-refractivity contribution in [3.8, 4) is 11.8 Å². The van der Waals surface area contributed by atoms with Crippen molar-refractivity contribution in [3.63, 3.8) is 0 Å². The van der Waals surface area contributed by atoms with E-state index in [4.69, 9.17) is 10.00 Å². The van der Waals surface area contributed by atoms with Gasteiger partial charge in [-0.3, -0.25) is 0 Å². The minimum absolute atomic E-state index is 0.194. The van der Waals surface area contributed by atoms with Gasteiger partial charge in [0.1, 0.15) is 11.9 Å². The van der Waals surface area contributed by atoms with Gasteiger partial charge in [0.25, 0.3) is 0 Å². The Bertz CT molecular complexity index is 658. The first-order valence-electron chi connectivity index (χ1n) is 7.14. The molecule has 0 N–H and O–H groups in total. The summed E-state index contributed by atoms with van der Waals surface area (Å²) in [5, 5.41) is 8.79. The molecule has 1 saturated heterocycles. The maximum atomic E-state index is 8.79. The number of halogens is 1. The van der Waals surface area contributed by atoms with Crippen LogP contribution < -0.4 is 9.64 Å². The van der Waals surface area contributed by atoms with Crippen LogP contribution in [0.15, 0.2) is 41.1 Å². The average Bonchev–Trinajstić information content (AvgIpc) is 2.57. The molecule has 0 radical (unpaired) electrons. The molecule has 1 aromatic heterocycles. The summed E-state index contributed by atoms with van der Waals surface area (Å²) in [6, 6.07) is 9.36. The molecule has 2 heterocycles. The van der Waals surface area contributed by atoms with E-state index in [1.165, 1.54) is 0 Å². The van der Waals surface area contributed by atoms with Crippen LogP contribution in [0.25, 0.3) is 0 Å². The number of hydrogen-bond acceptors (Lipinski definition) is 5. The molecule has 0 saturated carbocycles. The lowest BCUT2D eigenvalue weighted by Crippen LogP contribution is -2.39. The molecule has 0 bridgehead atoms. The Morgan fingerprint density at radius 1 is 1.14 bits per heavy atom. The molecule has 5 nitrogen and oxygen atoms in total. The standard InChI is InChI=1S/C16H15BrN4O/c17-13-10-19-16(20-11-13)21-7-5-15(6-8-21)22-14-3-1-12(9-18)2-4-14/h1-4,10-11,15H,5-8H2. The fraction of sp³-hybridized carbons (Fsp3) is 0.312. The molecular formula is C16H15BrN4O. The number of aromatic nitrogens is 2. The quantitative estimate of drug-likeness (QED) is 0.843. The molecule has 2 aromatic rings. The predicted octanol–water partition coefficient (Wildman–Crippen LogP) is 3.16. The molecule has 0 aliphatic carbocycles. The molecule has 22 heavy (non-hydrogen) atoms. The Labute approximate surface area is 137 Å². The summed E-state index contributed by atoms with van der Waals surface area (Å²) in [5.41, 5.74) is 0.648. The maximum Gasteiger partial charge on any atom is 0.225 e. The van der Waals surface area contributed by atoms with Crippen molar-refractivity contribution in [1.29, 1.82) is 5.26 Å². The summed E-state index contributed by atoms with van der Waals surface area (Å²) in [7, 11) is 0. The number of nitriles is 1. The van der Waals surface area contributed by atoms with E-state index in [1.807, 2.05) is 12.1 Å². The van der Waals surface area contributed by atoms with Crippen LogP contribution in [0.3, 0.4) is 0 Å². The van der Waals surface area contributed by atoms with E-state index in [0.29, 0.717) is 5.56 Å². The molecule has 6 heteroatoms. The van der Waals surface area contributed by atoms with Crippen molar-refractivity contribution in [1.82, 2.24) is 9.97 Å². The van der Waals surface area contributed by atoms with Gasteiger partial charge in [0.05, 0.1) is 16.1 Å². The fourth-order valence-corrected chi connectivity index (χ4v) is 2.65. The number of ether oxygens (including phenoxy) is 1. The van der Waals surface area contributed by atoms with Gasteiger partial charge in [-0.05, 0) is 40.2 Å². The lowest BCUT2D eigenvalue weighted by molar-refractivity contribution is 0.170. The van der Waals surface area contributed by atoms with Crippen LogP contribution in [0.5, 0.6) is 5.75 Å². The third-order valence-electron chi connectivity index (χ3n) is 3.62. The Morgan fingerprint density at radius 3 is 2.36 bits per heavy atom. The predicted molar refractivity (Wildman–Crippen MR) is 86.8 cm³/mol. The third kappa shape index (κ3) is 3.55. The zero-order chi connectivity index (χ0) is 15.4. The first-order valence-corrected chi connectivity index (χ1v) is 7.93. The van der Waals surface area contributed by atoms with Gasteiger partial charge in [-0.1, -0.05) is 0 Å². The van der Waals surface area contributed by atoms with Gasteiger partial charge in [0, 0.05) is 38.3 Å². The van der Waals surface area contributed by atoms with Crippen LogP contribution >= 0.6 is 15.9 Å². The number of benzene rings is 1. The summed E-state index contributed by atoms with van der Waals surface area (Å²) in [6.45, 7) is 1.76. The molecule has 112 valence electrons. The van der Waals surface area contributed by atoms with Crippen molar-refractivity contribution < 1.29 is 4.74 Å². The highest BCUT2D eigenvalue weighted by molar-refractivity contribution is 9.10. The zero-order valence-corrected chi connectivity index (χ0v) is 13.5. The Hall–Kier alpha value is -2.13. The Morgan fingerprint density at radius 2 is 1.77 bits per heavy atom. The Balaban J connectivity index is 1.55. The lowest BCUT2D eigenvalue weighted by Gasteiger charge is -2.32. The topological polar surface area (TPSA) is 62.0 Å². The van der Waals surface area contributed by atoms with Crippen LogP contribution in [0.4, 0.5) is 5.95 Å². The highest BCUT2D eigenvalue weighted by atomic mass is 79.9. The second kappa shape index (κ2) is 6.75. The van der Waals surface area contributed by atoms with E-state index in [2.05, 4.69) is 36.9 Å². The van der Waals surface area contributed by atoms with Gasteiger partial charge in [-0.25, -0.2) is 9.97 Å². The van der Waals surface area contributed by atoms with Crippen LogP contribution in [-0.2, 0) is 0 Å². The molecule has 1 aliphatic rings. The fourth-order valence-electron chi connectivity index (χ4n) is 2.44. The highest BCUT2D eigenvalue weighted by Crippen LogP contribution is 2.21. The summed E-state index contributed by atoms with van der Waals surface area (Å²) in [4.78, 5) is 10.8. The van der Waals surface area contributed by atoms with E-state index in [0.717, 1.165) is 42.1 Å². The minimum Gasteiger partial charge on any atom is -0.490 e. The smallest absolute Gasteiger partial charge is 0.225 e. The van der Waals surface area contributed by atoms with E-state index < -0.39 is 0 Å². The largest absolute Gasteiger partial charge is 0.490 e. The third-order valence-corrected chi connectivity index (χ3v) is 4.03. The van der Waals surface area contributed by atoms with Crippen LogP contribution in [0.2, 0.25) is 0 Å². The van der Waals surface area contributed by atoms with Gasteiger partial charge in [-0.15, -0.1) is 0 Å². The SMILES string of the molecule is N#Cc1ccc(OC2CCN(c3ncc(Br)cn3)CC2)cc1. The Kier molecular flexibility index (Phi) is 4.54.